The van der Waals surface area contributed by atoms with E-state index in [-0.39, 0.29) is 24.5 Å². The highest BCUT2D eigenvalue weighted by Crippen LogP contribution is 2.44. The van der Waals surface area contributed by atoms with Gasteiger partial charge in [-0.25, -0.2) is 9.59 Å². The van der Waals surface area contributed by atoms with Gasteiger partial charge in [-0.1, -0.05) is 60.7 Å². The van der Waals surface area contributed by atoms with Crippen LogP contribution in [0.5, 0.6) is 5.75 Å². The Kier molecular flexibility index (Phi) is 8.98. The van der Waals surface area contributed by atoms with Gasteiger partial charge in [0.1, 0.15) is 24.0 Å². The number of aliphatic carboxylic acids is 1. The summed E-state index contributed by atoms with van der Waals surface area (Å²) >= 11 is 0. The number of nitrogens with one attached hydrogen (secondary N) is 2. The normalized spacial score (nSPS) is 14.7. The second-order valence-corrected chi connectivity index (χ2v) is 11.2. The SMILES string of the molecule is C[C@@H](O)[C@H](NC(=O)[C@H](Cc1ccc(OC(C)(C)C)cc1)NC(=O)OCC1c2ccccc2-c2ccccc21)C(=O)O. The van der Waals surface area contributed by atoms with Gasteiger partial charge in [0, 0.05) is 12.3 Å². The van der Waals surface area contributed by atoms with Crippen molar-refractivity contribution in [2.45, 2.75) is 63.8 Å². The van der Waals surface area contributed by atoms with E-state index < -0.39 is 36.2 Å². The Morgan fingerprint density at radius 1 is 0.878 bits per heavy atom. The van der Waals surface area contributed by atoms with Gasteiger partial charge in [0.05, 0.1) is 6.10 Å². The fourth-order valence-electron chi connectivity index (χ4n) is 4.92. The second kappa shape index (κ2) is 12.4. The third-order valence-corrected chi connectivity index (χ3v) is 6.79. The number of amides is 2. The van der Waals surface area contributed by atoms with Gasteiger partial charge in [-0.3, -0.25) is 4.79 Å². The highest BCUT2D eigenvalue weighted by atomic mass is 16.5. The van der Waals surface area contributed by atoms with Crippen molar-refractivity contribution in [3.63, 3.8) is 0 Å². The topological polar surface area (TPSA) is 134 Å². The van der Waals surface area contributed by atoms with Gasteiger partial charge in [0.2, 0.25) is 5.91 Å². The molecule has 0 radical (unpaired) electrons. The minimum absolute atomic E-state index is 0.0535. The van der Waals surface area contributed by atoms with Gasteiger partial charge in [-0.05, 0) is 67.6 Å². The van der Waals surface area contributed by atoms with Crippen LogP contribution in [0.3, 0.4) is 0 Å². The van der Waals surface area contributed by atoms with Crippen LogP contribution in [-0.2, 0) is 20.7 Å². The lowest BCUT2D eigenvalue weighted by molar-refractivity contribution is -0.145. The number of ether oxygens (including phenoxy) is 2. The van der Waals surface area contributed by atoms with E-state index in [2.05, 4.69) is 10.6 Å². The van der Waals surface area contributed by atoms with E-state index in [1.165, 1.54) is 6.92 Å². The molecule has 216 valence electrons. The highest BCUT2D eigenvalue weighted by molar-refractivity contribution is 5.89. The van der Waals surface area contributed by atoms with Crippen molar-refractivity contribution in [3.8, 4) is 16.9 Å². The summed E-state index contributed by atoms with van der Waals surface area (Å²) in [5.74, 6) is -1.67. The molecule has 2 amide bonds. The first kappa shape index (κ1) is 29.6. The molecule has 0 aliphatic heterocycles. The van der Waals surface area contributed by atoms with Gasteiger partial charge in [0.25, 0.3) is 0 Å². The number of carboxylic acid groups (broad SMARTS) is 1. The Morgan fingerprint density at radius 3 is 1.95 bits per heavy atom. The van der Waals surface area contributed by atoms with Crippen LogP contribution in [0, 0.1) is 0 Å². The van der Waals surface area contributed by atoms with Crippen LogP contribution in [0.2, 0.25) is 0 Å². The summed E-state index contributed by atoms with van der Waals surface area (Å²) in [6.07, 6.45) is -2.11. The van der Waals surface area contributed by atoms with Gasteiger partial charge in [-0.15, -0.1) is 0 Å². The van der Waals surface area contributed by atoms with Crippen LogP contribution in [-0.4, -0.2) is 58.6 Å². The smallest absolute Gasteiger partial charge is 0.407 e. The standard InChI is InChI=1S/C32H36N2O7/c1-19(35)28(30(37)38)34-29(36)27(17-20-13-15-21(16-14-20)41-32(2,3)4)33-31(39)40-18-26-24-11-7-5-9-22(24)23-10-6-8-12-25(23)26/h5-16,19,26-28,35H,17-18H2,1-4H3,(H,33,39)(H,34,36)(H,37,38)/t19-,27+,28+/m1/s1. The number of fused-ring (bicyclic) bond motifs is 3. The molecule has 3 aromatic carbocycles. The molecule has 0 spiro atoms. The molecule has 0 saturated heterocycles. The van der Waals surface area contributed by atoms with Crippen LogP contribution in [0.15, 0.2) is 72.8 Å². The summed E-state index contributed by atoms with van der Waals surface area (Å²) in [7, 11) is 0. The minimum atomic E-state index is -1.54. The monoisotopic (exact) mass is 560 g/mol. The first-order valence-corrected chi connectivity index (χ1v) is 13.5. The summed E-state index contributed by atoms with van der Waals surface area (Å²) in [5, 5.41) is 24.2. The number of carbonyl (C=O) groups is 3. The Balaban J connectivity index is 1.48. The molecule has 1 aliphatic carbocycles. The van der Waals surface area contributed by atoms with Crippen LogP contribution in [0.1, 0.15) is 50.3 Å². The second-order valence-electron chi connectivity index (χ2n) is 11.2. The maximum Gasteiger partial charge on any atom is 0.407 e. The van der Waals surface area contributed by atoms with Crippen molar-refractivity contribution >= 4 is 18.0 Å². The predicted octanol–water partition coefficient (Wildman–Crippen LogP) is 4.26. The van der Waals surface area contributed by atoms with Crippen LogP contribution >= 0.6 is 0 Å². The fourth-order valence-corrected chi connectivity index (χ4v) is 4.92. The predicted molar refractivity (Wildman–Crippen MR) is 154 cm³/mol. The van der Waals surface area contributed by atoms with E-state index in [9.17, 15) is 24.6 Å². The van der Waals surface area contributed by atoms with E-state index in [0.29, 0.717) is 11.3 Å². The molecule has 0 aromatic heterocycles. The Hall–Kier alpha value is -4.37. The summed E-state index contributed by atoms with van der Waals surface area (Å²) < 4.78 is 11.5. The van der Waals surface area contributed by atoms with Crippen molar-refractivity contribution in [2.75, 3.05) is 6.61 Å². The molecule has 1 aliphatic rings. The maximum atomic E-state index is 13.2. The van der Waals surface area contributed by atoms with E-state index in [0.717, 1.165) is 22.3 Å². The maximum absolute atomic E-state index is 13.2. The summed E-state index contributed by atoms with van der Waals surface area (Å²) in [5.41, 5.74) is 4.60. The molecule has 0 bridgehead atoms. The van der Waals surface area contributed by atoms with Crippen molar-refractivity contribution in [1.29, 1.82) is 0 Å². The average molecular weight is 561 g/mol. The van der Waals surface area contributed by atoms with Crippen LogP contribution < -0.4 is 15.4 Å². The van der Waals surface area contributed by atoms with E-state index in [1.54, 1.807) is 24.3 Å². The van der Waals surface area contributed by atoms with E-state index in [4.69, 9.17) is 9.47 Å². The Morgan fingerprint density at radius 2 is 1.44 bits per heavy atom. The lowest BCUT2D eigenvalue weighted by Crippen LogP contribution is -2.55. The molecule has 0 unspecified atom stereocenters. The van der Waals surface area contributed by atoms with Crippen molar-refractivity contribution in [1.82, 2.24) is 10.6 Å². The van der Waals surface area contributed by atoms with Crippen molar-refractivity contribution in [3.05, 3.63) is 89.5 Å². The Labute approximate surface area is 239 Å². The molecule has 0 heterocycles. The Bertz CT molecular complexity index is 1350. The molecular weight excluding hydrogens is 524 g/mol. The van der Waals surface area contributed by atoms with Crippen molar-refractivity contribution < 1.29 is 34.1 Å². The molecule has 3 atom stereocenters. The number of benzene rings is 3. The van der Waals surface area contributed by atoms with Gasteiger partial charge in [0.15, 0.2) is 6.04 Å². The van der Waals surface area contributed by atoms with Gasteiger partial charge < -0.3 is 30.3 Å². The number of aliphatic hydroxyl groups excluding tert-OH is 1. The fraction of sp³-hybridized carbons (Fsp3) is 0.344. The largest absolute Gasteiger partial charge is 0.488 e. The first-order chi connectivity index (χ1) is 19.4. The molecule has 41 heavy (non-hydrogen) atoms. The number of hydrogen-bond acceptors (Lipinski definition) is 6. The zero-order valence-corrected chi connectivity index (χ0v) is 23.6. The molecule has 3 aromatic rings. The molecule has 9 heteroatoms. The van der Waals surface area contributed by atoms with Gasteiger partial charge >= 0.3 is 12.1 Å². The zero-order chi connectivity index (χ0) is 29.7. The average Bonchev–Trinajstić information content (AvgIpc) is 3.23. The lowest BCUT2D eigenvalue weighted by Gasteiger charge is -2.24. The number of carbonyl (C=O) groups excluding carboxylic acids is 2. The van der Waals surface area contributed by atoms with E-state index >= 15 is 0 Å². The number of hydrogen-bond donors (Lipinski definition) is 4. The number of carboxylic acids is 1. The first-order valence-electron chi connectivity index (χ1n) is 13.5. The molecule has 4 N–H and O–H groups in total. The number of aliphatic hydroxyl groups is 1. The summed E-state index contributed by atoms with van der Waals surface area (Å²) in [6, 6.07) is 20.2. The third kappa shape index (κ3) is 7.43. The quantitative estimate of drug-likeness (QED) is 0.291. The minimum Gasteiger partial charge on any atom is -0.488 e. The van der Waals surface area contributed by atoms with E-state index in [1.807, 2.05) is 69.3 Å². The van der Waals surface area contributed by atoms with Gasteiger partial charge in [-0.2, -0.15) is 0 Å². The number of rotatable bonds is 10. The lowest BCUT2D eigenvalue weighted by atomic mass is 9.98. The number of alkyl carbamates (subject to hydrolysis) is 1. The van der Waals surface area contributed by atoms with Crippen molar-refractivity contribution in [2.24, 2.45) is 0 Å². The summed E-state index contributed by atoms with van der Waals surface area (Å²) in [4.78, 5) is 37.7. The zero-order valence-electron chi connectivity index (χ0n) is 23.6. The molecule has 9 nitrogen and oxygen atoms in total. The molecule has 0 fully saturated rings. The molecule has 4 rings (SSSR count). The van der Waals surface area contributed by atoms with Crippen LogP contribution in [0.4, 0.5) is 4.79 Å². The summed E-state index contributed by atoms with van der Waals surface area (Å²) in [6.45, 7) is 7.11. The van der Waals surface area contributed by atoms with Crippen LogP contribution in [0.25, 0.3) is 11.1 Å². The highest BCUT2D eigenvalue weighted by Gasteiger charge is 2.32. The molecule has 0 saturated carbocycles. The third-order valence-electron chi connectivity index (χ3n) is 6.79. The molecular formula is C32H36N2O7.